The molecule has 0 unspecified atom stereocenters. The SMILES string of the molecule is CCOC(=O)c1sc2nc(N)c(C#N)c(CC)c2c1N. The number of aromatic nitrogens is 1. The van der Waals surface area contributed by atoms with E-state index in [4.69, 9.17) is 16.2 Å². The molecule has 104 valence electrons. The summed E-state index contributed by atoms with van der Waals surface area (Å²) in [5.41, 5.74) is 13.2. The van der Waals surface area contributed by atoms with Gasteiger partial charge in [-0.1, -0.05) is 6.92 Å². The van der Waals surface area contributed by atoms with E-state index in [2.05, 4.69) is 4.98 Å². The second-order valence-corrected chi connectivity index (χ2v) is 5.06. The average Bonchev–Trinajstić information content (AvgIpc) is 2.74. The molecule has 0 radical (unpaired) electrons. The number of carbonyl (C=O) groups is 1. The van der Waals surface area contributed by atoms with Crippen LogP contribution in [0.2, 0.25) is 0 Å². The Balaban J connectivity index is 2.79. The van der Waals surface area contributed by atoms with Crippen LogP contribution in [-0.4, -0.2) is 17.6 Å². The number of nitrogens with zero attached hydrogens (tertiary/aromatic N) is 2. The highest BCUT2D eigenvalue weighted by molar-refractivity contribution is 7.21. The third-order valence-corrected chi connectivity index (χ3v) is 4.01. The minimum absolute atomic E-state index is 0.161. The molecule has 0 aliphatic heterocycles. The van der Waals surface area contributed by atoms with Gasteiger partial charge in [-0.25, -0.2) is 9.78 Å². The average molecular weight is 290 g/mol. The van der Waals surface area contributed by atoms with Gasteiger partial charge in [0.05, 0.1) is 17.9 Å². The summed E-state index contributed by atoms with van der Waals surface area (Å²) in [7, 11) is 0. The standard InChI is InChI=1S/C13H14N4O2S/c1-3-6-7(5-14)11(16)17-12-8(6)9(15)10(20-12)13(18)19-4-2/h3-4,15H2,1-2H3,(H2,16,17). The molecule has 0 aromatic carbocycles. The zero-order chi connectivity index (χ0) is 14.9. The number of fused-ring (bicyclic) bond motifs is 1. The largest absolute Gasteiger partial charge is 0.462 e. The molecule has 7 heteroatoms. The molecule has 2 heterocycles. The molecule has 0 atom stereocenters. The molecule has 20 heavy (non-hydrogen) atoms. The van der Waals surface area contributed by atoms with Crippen molar-refractivity contribution >= 4 is 39.0 Å². The minimum atomic E-state index is -0.480. The number of rotatable bonds is 3. The first-order valence-electron chi connectivity index (χ1n) is 6.12. The van der Waals surface area contributed by atoms with Crippen molar-refractivity contribution in [3.63, 3.8) is 0 Å². The minimum Gasteiger partial charge on any atom is -0.462 e. The van der Waals surface area contributed by atoms with Crippen LogP contribution in [0, 0.1) is 11.3 Å². The molecule has 0 saturated carbocycles. The molecular weight excluding hydrogens is 276 g/mol. The number of anilines is 2. The number of hydrogen-bond donors (Lipinski definition) is 2. The van der Waals surface area contributed by atoms with Gasteiger partial charge in [-0.05, 0) is 18.9 Å². The molecule has 0 spiro atoms. The zero-order valence-electron chi connectivity index (χ0n) is 11.2. The molecule has 0 saturated heterocycles. The second kappa shape index (κ2) is 5.35. The second-order valence-electron chi connectivity index (χ2n) is 4.06. The van der Waals surface area contributed by atoms with E-state index < -0.39 is 5.97 Å². The predicted molar refractivity (Wildman–Crippen MR) is 78.5 cm³/mol. The van der Waals surface area contributed by atoms with E-state index in [1.165, 1.54) is 0 Å². The Kier molecular flexibility index (Phi) is 3.77. The highest BCUT2D eigenvalue weighted by atomic mass is 32.1. The lowest BCUT2D eigenvalue weighted by molar-refractivity contribution is 0.0533. The summed E-state index contributed by atoms with van der Waals surface area (Å²) >= 11 is 1.13. The Hall–Kier alpha value is -2.33. The molecular formula is C13H14N4O2S. The molecule has 6 nitrogen and oxygen atoms in total. The summed E-state index contributed by atoms with van der Waals surface area (Å²) in [5.74, 6) is -0.319. The topological polar surface area (TPSA) is 115 Å². The van der Waals surface area contributed by atoms with Crippen LogP contribution < -0.4 is 11.5 Å². The number of hydrogen-bond acceptors (Lipinski definition) is 7. The fourth-order valence-electron chi connectivity index (χ4n) is 2.07. The van der Waals surface area contributed by atoms with Gasteiger partial charge in [0.2, 0.25) is 0 Å². The molecule has 2 rings (SSSR count). The number of carbonyl (C=O) groups excluding carboxylic acids is 1. The van der Waals surface area contributed by atoms with Crippen LogP contribution in [0.5, 0.6) is 0 Å². The Morgan fingerprint density at radius 2 is 2.15 bits per heavy atom. The van der Waals surface area contributed by atoms with Gasteiger partial charge in [-0.2, -0.15) is 5.26 Å². The van der Waals surface area contributed by atoms with Crippen molar-refractivity contribution < 1.29 is 9.53 Å². The van der Waals surface area contributed by atoms with E-state index >= 15 is 0 Å². The molecule has 0 fully saturated rings. The third-order valence-electron chi connectivity index (χ3n) is 2.93. The Morgan fingerprint density at radius 3 is 2.70 bits per heavy atom. The first-order valence-corrected chi connectivity index (χ1v) is 6.94. The van der Waals surface area contributed by atoms with Gasteiger partial charge in [0.25, 0.3) is 0 Å². The van der Waals surface area contributed by atoms with Crippen LogP contribution in [0.4, 0.5) is 11.5 Å². The molecule has 0 bridgehead atoms. The number of esters is 1. The Morgan fingerprint density at radius 1 is 1.45 bits per heavy atom. The van der Waals surface area contributed by atoms with Gasteiger partial charge in [0.1, 0.15) is 21.6 Å². The molecule has 0 amide bonds. The Bertz CT molecular complexity index is 730. The van der Waals surface area contributed by atoms with Gasteiger partial charge in [0, 0.05) is 5.39 Å². The number of nitrogens with two attached hydrogens (primary N) is 2. The number of nitriles is 1. The lowest BCUT2D eigenvalue weighted by Crippen LogP contribution is -2.05. The van der Waals surface area contributed by atoms with Crippen molar-refractivity contribution in [3.8, 4) is 6.07 Å². The smallest absolute Gasteiger partial charge is 0.350 e. The van der Waals surface area contributed by atoms with Gasteiger partial charge in [0.15, 0.2) is 0 Å². The highest BCUT2D eigenvalue weighted by Gasteiger charge is 2.23. The van der Waals surface area contributed by atoms with Crippen molar-refractivity contribution in [3.05, 3.63) is 16.0 Å². The lowest BCUT2D eigenvalue weighted by atomic mass is 10.0. The summed E-state index contributed by atoms with van der Waals surface area (Å²) < 4.78 is 4.97. The van der Waals surface area contributed by atoms with E-state index in [1.54, 1.807) is 6.92 Å². The number of aryl methyl sites for hydroxylation is 1. The van der Waals surface area contributed by atoms with E-state index in [1.807, 2.05) is 13.0 Å². The van der Waals surface area contributed by atoms with E-state index in [-0.39, 0.29) is 12.4 Å². The van der Waals surface area contributed by atoms with Crippen molar-refractivity contribution in [2.75, 3.05) is 18.1 Å². The quantitative estimate of drug-likeness (QED) is 0.836. The maximum Gasteiger partial charge on any atom is 0.350 e. The predicted octanol–water partition coefficient (Wildman–Crippen LogP) is 2.07. The van der Waals surface area contributed by atoms with Crippen molar-refractivity contribution in [2.45, 2.75) is 20.3 Å². The molecule has 0 aliphatic carbocycles. The van der Waals surface area contributed by atoms with Gasteiger partial charge >= 0.3 is 5.97 Å². The van der Waals surface area contributed by atoms with Gasteiger partial charge < -0.3 is 16.2 Å². The van der Waals surface area contributed by atoms with Gasteiger partial charge in [-0.3, -0.25) is 0 Å². The van der Waals surface area contributed by atoms with Crippen molar-refractivity contribution in [2.24, 2.45) is 0 Å². The van der Waals surface area contributed by atoms with Crippen molar-refractivity contribution in [1.29, 1.82) is 5.26 Å². The van der Waals surface area contributed by atoms with Crippen LogP contribution in [0.25, 0.3) is 10.2 Å². The summed E-state index contributed by atoms with van der Waals surface area (Å²) in [4.78, 5) is 16.9. The number of pyridine rings is 1. The van der Waals surface area contributed by atoms with E-state index in [0.717, 1.165) is 16.9 Å². The monoisotopic (exact) mass is 290 g/mol. The third kappa shape index (κ3) is 2.04. The normalized spacial score (nSPS) is 10.4. The van der Waals surface area contributed by atoms with E-state index in [9.17, 15) is 10.1 Å². The summed E-state index contributed by atoms with van der Waals surface area (Å²) in [5, 5.41) is 9.81. The van der Waals surface area contributed by atoms with Crippen LogP contribution >= 0.6 is 11.3 Å². The molecule has 4 N–H and O–H groups in total. The fourth-order valence-corrected chi connectivity index (χ4v) is 3.10. The maximum absolute atomic E-state index is 11.9. The first kappa shape index (κ1) is 14.1. The summed E-state index contributed by atoms with van der Waals surface area (Å²) in [6.07, 6.45) is 0.579. The zero-order valence-corrected chi connectivity index (χ0v) is 12.0. The number of thiophene rings is 1. The van der Waals surface area contributed by atoms with Crippen LogP contribution in [-0.2, 0) is 11.2 Å². The maximum atomic E-state index is 11.9. The van der Waals surface area contributed by atoms with Crippen LogP contribution in [0.1, 0.15) is 34.6 Å². The molecule has 2 aromatic heterocycles. The van der Waals surface area contributed by atoms with Crippen LogP contribution in [0.3, 0.4) is 0 Å². The molecule has 0 aliphatic rings. The van der Waals surface area contributed by atoms with Crippen molar-refractivity contribution in [1.82, 2.24) is 4.98 Å². The fraction of sp³-hybridized carbons (Fsp3) is 0.308. The number of ether oxygens (including phenoxy) is 1. The lowest BCUT2D eigenvalue weighted by Gasteiger charge is -2.06. The van der Waals surface area contributed by atoms with E-state index in [0.29, 0.717) is 32.8 Å². The first-order chi connectivity index (χ1) is 9.54. The summed E-state index contributed by atoms with van der Waals surface area (Å²) in [6.45, 7) is 3.89. The summed E-state index contributed by atoms with van der Waals surface area (Å²) in [6, 6.07) is 2.04. The van der Waals surface area contributed by atoms with Crippen LogP contribution in [0.15, 0.2) is 0 Å². The highest BCUT2D eigenvalue weighted by Crippen LogP contribution is 2.38. The van der Waals surface area contributed by atoms with Gasteiger partial charge in [-0.15, -0.1) is 11.3 Å². The number of nitrogen functional groups attached to an aromatic ring is 2. The molecule has 2 aromatic rings. The Labute approximate surface area is 120 Å².